The van der Waals surface area contributed by atoms with Crippen molar-refractivity contribution in [1.82, 2.24) is 19.7 Å². The molecule has 2 aromatic carbocycles. The lowest BCUT2D eigenvalue weighted by Crippen LogP contribution is -2.64. The molecule has 2 aliphatic heterocycles. The van der Waals surface area contributed by atoms with E-state index in [-0.39, 0.29) is 35.8 Å². The van der Waals surface area contributed by atoms with Crippen LogP contribution in [0.15, 0.2) is 48.0 Å². The molecule has 2 saturated heterocycles. The van der Waals surface area contributed by atoms with Gasteiger partial charge in [0.05, 0.1) is 10.0 Å². The maximum atomic E-state index is 14.6. The second kappa shape index (κ2) is 10.7. The smallest absolute Gasteiger partial charge is 0.282 e. The zero-order valence-electron chi connectivity index (χ0n) is 19.2. The number of nitrogens with zero attached hydrogens (tertiary/aromatic N) is 4. The number of piperazine rings is 1. The second-order valence-corrected chi connectivity index (χ2v) is 10.4. The van der Waals surface area contributed by atoms with E-state index in [9.17, 15) is 14.0 Å². The number of rotatable bonds is 6. The van der Waals surface area contributed by atoms with Gasteiger partial charge in [-0.25, -0.2) is 9.37 Å². The molecular weight excluding hydrogens is 526 g/mol. The number of thiazole rings is 1. The van der Waals surface area contributed by atoms with Crippen molar-refractivity contribution in [2.75, 3.05) is 39.3 Å². The van der Waals surface area contributed by atoms with E-state index in [4.69, 9.17) is 27.9 Å². The van der Waals surface area contributed by atoms with Gasteiger partial charge in [0.15, 0.2) is 16.6 Å². The van der Waals surface area contributed by atoms with E-state index in [0.717, 1.165) is 18.7 Å². The minimum absolute atomic E-state index is 0.0264. The van der Waals surface area contributed by atoms with E-state index in [1.165, 1.54) is 23.5 Å². The number of halogens is 3. The van der Waals surface area contributed by atoms with Crippen molar-refractivity contribution in [2.45, 2.75) is 12.6 Å². The number of carbonyl (C=O) groups is 2. The molecule has 0 spiro atoms. The van der Waals surface area contributed by atoms with E-state index >= 15 is 0 Å². The van der Waals surface area contributed by atoms with Crippen molar-refractivity contribution in [3.8, 4) is 5.75 Å². The zero-order valence-corrected chi connectivity index (χ0v) is 21.5. The van der Waals surface area contributed by atoms with Crippen molar-refractivity contribution in [3.05, 3.63) is 80.0 Å². The van der Waals surface area contributed by atoms with Crippen LogP contribution in [0.1, 0.15) is 25.7 Å². The number of hydrogen-bond donors (Lipinski definition) is 0. The molecule has 3 aromatic rings. The van der Waals surface area contributed by atoms with Crippen LogP contribution in [-0.4, -0.2) is 76.8 Å². The van der Waals surface area contributed by atoms with Gasteiger partial charge in [-0.3, -0.25) is 14.5 Å². The van der Waals surface area contributed by atoms with Gasteiger partial charge in [-0.1, -0.05) is 29.3 Å². The van der Waals surface area contributed by atoms with Gasteiger partial charge in [0.25, 0.3) is 11.8 Å². The minimum atomic E-state index is -0.598. The minimum Gasteiger partial charge on any atom is -0.486 e. The summed E-state index contributed by atoms with van der Waals surface area (Å²) < 4.78 is 20.2. The van der Waals surface area contributed by atoms with Gasteiger partial charge in [0.2, 0.25) is 0 Å². The number of likely N-dealkylation sites (tertiary alicyclic amines) is 1. The van der Waals surface area contributed by atoms with Crippen molar-refractivity contribution in [3.63, 3.8) is 0 Å². The maximum absolute atomic E-state index is 14.6. The highest BCUT2D eigenvalue weighted by molar-refractivity contribution is 7.11. The highest BCUT2D eigenvalue weighted by Gasteiger charge is 2.37. The molecule has 1 aromatic heterocycles. The summed E-state index contributed by atoms with van der Waals surface area (Å²) in [7, 11) is 0. The molecule has 3 heterocycles. The third kappa shape index (κ3) is 5.34. The molecule has 2 aliphatic rings. The summed E-state index contributed by atoms with van der Waals surface area (Å²) >= 11 is 13.3. The van der Waals surface area contributed by atoms with Crippen LogP contribution in [0.4, 0.5) is 4.39 Å². The van der Waals surface area contributed by atoms with E-state index in [0.29, 0.717) is 41.2 Å². The molecule has 7 nitrogen and oxygen atoms in total. The first kappa shape index (κ1) is 25.0. The molecule has 0 radical (unpaired) electrons. The van der Waals surface area contributed by atoms with E-state index in [2.05, 4.69) is 9.88 Å². The fourth-order valence-electron chi connectivity index (χ4n) is 4.33. The summed E-state index contributed by atoms with van der Waals surface area (Å²) in [6.07, 6.45) is 1.64. The quantitative estimate of drug-likeness (QED) is 0.455. The number of ether oxygens (including phenoxy) is 1. The second-order valence-electron chi connectivity index (χ2n) is 8.71. The van der Waals surface area contributed by atoms with Crippen LogP contribution in [0.25, 0.3) is 0 Å². The van der Waals surface area contributed by atoms with E-state index < -0.39 is 5.82 Å². The van der Waals surface area contributed by atoms with Crippen molar-refractivity contribution in [1.29, 1.82) is 0 Å². The summed E-state index contributed by atoms with van der Waals surface area (Å²) in [4.78, 5) is 35.3. The molecule has 188 valence electrons. The summed E-state index contributed by atoms with van der Waals surface area (Å²) in [5.41, 5.74) is 1.04. The Bertz CT molecular complexity index is 1260. The zero-order chi connectivity index (χ0) is 25.2. The SMILES string of the molecule is O=C(c1ccc(OCc2ccc(Cl)c(Cl)c2)c(F)c1)N1CC(N2CCN(C(=O)c3nccs3)CC2)C1. The summed E-state index contributed by atoms with van der Waals surface area (Å²) in [5, 5.41) is 3.15. The topological polar surface area (TPSA) is 66.0 Å². The summed E-state index contributed by atoms with van der Waals surface area (Å²) in [6, 6.07) is 9.57. The Morgan fingerprint density at radius 1 is 1.00 bits per heavy atom. The van der Waals surface area contributed by atoms with Gasteiger partial charge < -0.3 is 14.5 Å². The lowest BCUT2D eigenvalue weighted by atomic mass is 10.0. The predicted molar refractivity (Wildman–Crippen MR) is 136 cm³/mol. The number of benzene rings is 2. The van der Waals surface area contributed by atoms with Gasteiger partial charge in [-0.15, -0.1) is 11.3 Å². The summed E-state index contributed by atoms with van der Waals surface area (Å²) in [5.74, 6) is -0.775. The Morgan fingerprint density at radius 2 is 1.78 bits per heavy atom. The lowest BCUT2D eigenvalue weighted by molar-refractivity contribution is 0.00850. The molecule has 0 N–H and O–H groups in total. The number of amides is 2. The Hall–Kier alpha value is -2.72. The Labute approximate surface area is 222 Å². The average molecular weight is 549 g/mol. The van der Waals surface area contributed by atoms with E-state index in [1.54, 1.807) is 40.7 Å². The molecule has 2 amide bonds. The average Bonchev–Trinajstić information content (AvgIpc) is 3.39. The van der Waals surface area contributed by atoms with Crippen LogP contribution in [0.3, 0.4) is 0 Å². The Kier molecular flexibility index (Phi) is 7.43. The van der Waals surface area contributed by atoms with Crippen LogP contribution in [-0.2, 0) is 6.61 Å². The highest BCUT2D eigenvalue weighted by Crippen LogP contribution is 2.26. The van der Waals surface area contributed by atoms with Crippen LogP contribution in [0, 0.1) is 5.82 Å². The molecule has 2 fully saturated rings. The van der Waals surface area contributed by atoms with Crippen molar-refractivity contribution >= 4 is 46.4 Å². The number of hydrogen-bond acceptors (Lipinski definition) is 6. The predicted octanol–water partition coefficient (Wildman–Crippen LogP) is 4.45. The third-order valence-corrected chi connectivity index (χ3v) is 7.94. The first-order valence-electron chi connectivity index (χ1n) is 11.5. The van der Waals surface area contributed by atoms with Gasteiger partial charge in [-0.2, -0.15) is 0 Å². The van der Waals surface area contributed by atoms with Crippen LogP contribution in [0.5, 0.6) is 5.75 Å². The third-order valence-electron chi connectivity index (χ3n) is 6.44. The van der Waals surface area contributed by atoms with Gasteiger partial charge in [-0.05, 0) is 35.9 Å². The molecule has 11 heteroatoms. The first-order chi connectivity index (χ1) is 17.4. The van der Waals surface area contributed by atoms with Crippen LogP contribution in [0.2, 0.25) is 10.0 Å². The molecular formula is C25H23Cl2FN4O3S. The normalized spacial score (nSPS) is 16.6. The standard InChI is InChI=1S/C25H23Cl2FN4O3S/c26-19-3-1-16(11-20(19)27)15-35-22-4-2-17(12-21(22)28)24(33)32-13-18(14-32)30-6-8-31(9-7-30)25(34)23-29-5-10-36-23/h1-5,10-12,18H,6-9,13-15H2. The molecule has 0 bridgehead atoms. The molecule has 0 aliphatic carbocycles. The van der Waals surface area contributed by atoms with Crippen molar-refractivity contribution < 1.29 is 18.7 Å². The van der Waals surface area contributed by atoms with Crippen molar-refractivity contribution in [2.24, 2.45) is 0 Å². The molecule has 0 unspecified atom stereocenters. The fourth-order valence-corrected chi connectivity index (χ4v) is 5.25. The Morgan fingerprint density at radius 3 is 2.44 bits per heavy atom. The molecule has 36 heavy (non-hydrogen) atoms. The van der Waals surface area contributed by atoms with Gasteiger partial charge in [0.1, 0.15) is 6.61 Å². The van der Waals surface area contributed by atoms with Crippen LogP contribution >= 0.6 is 34.5 Å². The summed E-state index contributed by atoms with van der Waals surface area (Å²) in [6.45, 7) is 4.06. The maximum Gasteiger partial charge on any atom is 0.282 e. The molecule has 5 rings (SSSR count). The van der Waals surface area contributed by atoms with E-state index in [1.807, 2.05) is 4.90 Å². The molecule has 0 atom stereocenters. The molecule has 0 saturated carbocycles. The monoisotopic (exact) mass is 548 g/mol. The number of aromatic nitrogens is 1. The highest BCUT2D eigenvalue weighted by atomic mass is 35.5. The van der Waals surface area contributed by atoms with Gasteiger partial charge in [0, 0.05) is 62.5 Å². The van der Waals surface area contributed by atoms with Crippen LogP contribution < -0.4 is 4.74 Å². The largest absolute Gasteiger partial charge is 0.486 e. The lowest BCUT2D eigenvalue weighted by Gasteiger charge is -2.48. The fraction of sp³-hybridized carbons (Fsp3) is 0.320. The van der Waals surface area contributed by atoms with Gasteiger partial charge >= 0.3 is 0 Å². The first-order valence-corrected chi connectivity index (χ1v) is 13.1. The number of carbonyl (C=O) groups excluding carboxylic acids is 2. The Balaban J connectivity index is 1.10.